The lowest BCUT2D eigenvalue weighted by Gasteiger charge is -2.08. The zero-order valence-electron chi connectivity index (χ0n) is 14.3. The van der Waals surface area contributed by atoms with Crippen LogP contribution < -0.4 is 5.56 Å². The Morgan fingerprint density at radius 3 is 2.48 bits per heavy atom. The molecule has 0 aliphatic carbocycles. The summed E-state index contributed by atoms with van der Waals surface area (Å²) in [6, 6.07) is 18.1. The van der Waals surface area contributed by atoms with Crippen LogP contribution in [0.1, 0.15) is 16.7 Å². The average molecular weight is 329 g/mol. The molecule has 2 aromatic carbocycles. The SMILES string of the molecule is Cc1ccc(Cn2ccn3nc(-c4ccccc4)cc3c2=O)cc1C. The highest BCUT2D eigenvalue weighted by Gasteiger charge is 2.09. The van der Waals surface area contributed by atoms with Gasteiger partial charge in [0.1, 0.15) is 5.52 Å². The Morgan fingerprint density at radius 1 is 0.920 bits per heavy atom. The summed E-state index contributed by atoms with van der Waals surface area (Å²) in [4.78, 5) is 12.8. The lowest BCUT2D eigenvalue weighted by molar-refractivity contribution is 0.742. The van der Waals surface area contributed by atoms with E-state index in [1.807, 2.05) is 42.6 Å². The first-order chi connectivity index (χ1) is 12.1. The van der Waals surface area contributed by atoms with Crippen molar-refractivity contribution in [1.82, 2.24) is 14.2 Å². The fourth-order valence-electron chi connectivity index (χ4n) is 3.00. The van der Waals surface area contributed by atoms with Gasteiger partial charge in [-0.15, -0.1) is 0 Å². The van der Waals surface area contributed by atoms with Crippen molar-refractivity contribution in [1.29, 1.82) is 0 Å². The molecule has 0 N–H and O–H groups in total. The summed E-state index contributed by atoms with van der Waals surface area (Å²) in [5.74, 6) is 0. The maximum Gasteiger partial charge on any atom is 0.276 e. The van der Waals surface area contributed by atoms with Crippen LogP contribution in [-0.2, 0) is 6.54 Å². The van der Waals surface area contributed by atoms with E-state index in [4.69, 9.17) is 0 Å². The van der Waals surface area contributed by atoms with Gasteiger partial charge in [-0.1, -0.05) is 48.5 Å². The van der Waals surface area contributed by atoms with Gasteiger partial charge in [-0.2, -0.15) is 5.10 Å². The van der Waals surface area contributed by atoms with Crippen molar-refractivity contribution in [2.45, 2.75) is 20.4 Å². The molecule has 4 rings (SSSR count). The lowest BCUT2D eigenvalue weighted by atomic mass is 10.1. The van der Waals surface area contributed by atoms with Gasteiger partial charge in [0.2, 0.25) is 0 Å². The van der Waals surface area contributed by atoms with Gasteiger partial charge in [0.15, 0.2) is 0 Å². The maximum atomic E-state index is 12.8. The minimum atomic E-state index is -0.0320. The molecule has 0 atom stereocenters. The van der Waals surface area contributed by atoms with Crippen LogP contribution in [0.5, 0.6) is 0 Å². The van der Waals surface area contributed by atoms with E-state index in [1.54, 1.807) is 15.3 Å². The minimum absolute atomic E-state index is 0.0320. The van der Waals surface area contributed by atoms with Gasteiger partial charge in [-0.25, -0.2) is 4.52 Å². The van der Waals surface area contributed by atoms with Gasteiger partial charge in [0.05, 0.1) is 12.2 Å². The third-order valence-electron chi connectivity index (χ3n) is 4.60. The number of hydrogen-bond acceptors (Lipinski definition) is 2. The highest BCUT2D eigenvalue weighted by molar-refractivity contribution is 5.65. The molecule has 0 saturated heterocycles. The van der Waals surface area contributed by atoms with E-state index in [-0.39, 0.29) is 5.56 Å². The van der Waals surface area contributed by atoms with Crippen LogP contribution in [0.2, 0.25) is 0 Å². The summed E-state index contributed by atoms with van der Waals surface area (Å²) in [5, 5.41) is 4.52. The molecule has 124 valence electrons. The van der Waals surface area contributed by atoms with Crippen molar-refractivity contribution in [2.24, 2.45) is 0 Å². The number of fused-ring (bicyclic) bond motifs is 1. The molecule has 0 saturated carbocycles. The summed E-state index contributed by atoms with van der Waals surface area (Å²) in [6.45, 7) is 4.74. The first kappa shape index (κ1) is 15.4. The standard InChI is InChI=1S/C21H19N3O/c1-15-8-9-17(12-16(15)2)14-23-10-11-24-20(21(23)25)13-19(22-24)18-6-4-3-5-7-18/h3-13H,14H2,1-2H3. The van der Waals surface area contributed by atoms with Crippen LogP contribution in [-0.4, -0.2) is 14.2 Å². The number of benzene rings is 2. The van der Waals surface area contributed by atoms with Crippen molar-refractivity contribution in [3.05, 3.63) is 94.0 Å². The van der Waals surface area contributed by atoms with Crippen LogP contribution in [0.25, 0.3) is 16.8 Å². The van der Waals surface area contributed by atoms with E-state index in [2.05, 4.69) is 37.1 Å². The summed E-state index contributed by atoms with van der Waals surface area (Å²) >= 11 is 0. The normalized spacial score (nSPS) is 11.1. The summed E-state index contributed by atoms with van der Waals surface area (Å²) in [6.07, 6.45) is 3.64. The number of aromatic nitrogens is 3. The van der Waals surface area contributed by atoms with Gasteiger partial charge in [0.25, 0.3) is 5.56 Å². The van der Waals surface area contributed by atoms with E-state index in [1.165, 1.54) is 11.1 Å². The van der Waals surface area contributed by atoms with Gasteiger partial charge >= 0.3 is 0 Å². The molecular formula is C21H19N3O. The highest BCUT2D eigenvalue weighted by atomic mass is 16.1. The Kier molecular flexibility index (Phi) is 3.73. The van der Waals surface area contributed by atoms with E-state index >= 15 is 0 Å². The Labute approximate surface area is 146 Å². The average Bonchev–Trinajstić information content (AvgIpc) is 3.06. The largest absolute Gasteiger partial charge is 0.308 e. The van der Waals surface area contributed by atoms with Crippen molar-refractivity contribution >= 4 is 5.52 Å². The Morgan fingerprint density at radius 2 is 1.72 bits per heavy atom. The topological polar surface area (TPSA) is 39.3 Å². The van der Waals surface area contributed by atoms with Crippen molar-refractivity contribution in [2.75, 3.05) is 0 Å². The van der Waals surface area contributed by atoms with Gasteiger partial charge in [0, 0.05) is 18.0 Å². The van der Waals surface area contributed by atoms with Crippen molar-refractivity contribution < 1.29 is 0 Å². The summed E-state index contributed by atoms with van der Waals surface area (Å²) in [5.41, 5.74) is 5.99. The summed E-state index contributed by atoms with van der Waals surface area (Å²) < 4.78 is 3.39. The molecule has 0 unspecified atom stereocenters. The van der Waals surface area contributed by atoms with E-state index in [0.29, 0.717) is 12.1 Å². The van der Waals surface area contributed by atoms with E-state index in [0.717, 1.165) is 16.8 Å². The Balaban J connectivity index is 1.75. The second-order valence-corrected chi connectivity index (χ2v) is 6.38. The molecule has 0 bridgehead atoms. The molecule has 0 amide bonds. The zero-order chi connectivity index (χ0) is 17.4. The van der Waals surface area contributed by atoms with Gasteiger partial charge < -0.3 is 4.57 Å². The fraction of sp³-hybridized carbons (Fsp3) is 0.143. The molecule has 4 aromatic rings. The van der Waals surface area contributed by atoms with Crippen molar-refractivity contribution in [3.8, 4) is 11.3 Å². The molecule has 0 spiro atoms. The van der Waals surface area contributed by atoms with Gasteiger partial charge in [-0.3, -0.25) is 4.79 Å². The van der Waals surface area contributed by atoms with E-state index < -0.39 is 0 Å². The molecule has 25 heavy (non-hydrogen) atoms. The Bertz CT molecular complexity index is 1110. The summed E-state index contributed by atoms with van der Waals surface area (Å²) in [7, 11) is 0. The first-order valence-electron chi connectivity index (χ1n) is 8.32. The minimum Gasteiger partial charge on any atom is -0.308 e. The number of rotatable bonds is 3. The maximum absolute atomic E-state index is 12.8. The van der Waals surface area contributed by atoms with Crippen LogP contribution in [0.4, 0.5) is 0 Å². The predicted molar refractivity (Wildman–Crippen MR) is 99.9 cm³/mol. The number of aryl methyl sites for hydroxylation is 2. The quantitative estimate of drug-likeness (QED) is 0.573. The molecule has 0 fully saturated rings. The Hall–Kier alpha value is -3.14. The first-order valence-corrected chi connectivity index (χ1v) is 8.32. The fourth-order valence-corrected chi connectivity index (χ4v) is 3.00. The van der Waals surface area contributed by atoms with Crippen LogP contribution in [0.3, 0.4) is 0 Å². The molecule has 0 aliphatic heterocycles. The van der Waals surface area contributed by atoms with Gasteiger partial charge in [-0.05, 0) is 36.6 Å². The predicted octanol–water partition coefficient (Wildman–Crippen LogP) is 3.83. The number of hydrogen-bond donors (Lipinski definition) is 0. The highest BCUT2D eigenvalue weighted by Crippen LogP contribution is 2.18. The van der Waals surface area contributed by atoms with Crippen molar-refractivity contribution in [3.63, 3.8) is 0 Å². The molecule has 2 aromatic heterocycles. The second kappa shape index (κ2) is 6.06. The molecule has 4 nitrogen and oxygen atoms in total. The van der Waals surface area contributed by atoms with Crippen LogP contribution >= 0.6 is 0 Å². The molecule has 4 heteroatoms. The van der Waals surface area contributed by atoms with E-state index in [9.17, 15) is 4.79 Å². The zero-order valence-corrected chi connectivity index (χ0v) is 14.3. The molecule has 0 radical (unpaired) electrons. The van der Waals surface area contributed by atoms with Crippen LogP contribution in [0.15, 0.2) is 71.8 Å². The molecular weight excluding hydrogens is 310 g/mol. The monoisotopic (exact) mass is 329 g/mol. The molecule has 0 aliphatic rings. The molecule has 2 heterocycles. The number of nitrogens with zero attached hydrogens (tertiary/aromatic N) is 3. The third kappa shape index (κ3) is 2.87. The second-order valence-electron chi connectivity index (χ2n) is 6.38. The lowest BCUT2D eigenvalue weighted by Crippen LogP contribution is -2.21. The van der Waals surface area contributed by atoms with Crippen LogP contribution in [0, 0.1) is 13.8 Å². The smallest absolute Gasteiger partial charge is 0.276 e. The third-order valence-corrected chi connectivity index (χ3v) is 4.60.